The zero-order chi connectivity index (χ0) is 27.4. The van der Waals surface area contributed by atoms with Crippen molar-refractivity contribution in [3.05, 3.63) is 58.7 Å². The fraction of sp³-hybridized carbons (Fsp3) is 0.467. The van der Waals surface area contributed by atoms with Crippen LogP contribution in [0.3, 0.4) is 0 Å². The van der Waals surface area contributed by atoms with Gasteiger partial charge in [0.25, 0.3) is 5.91 Å². The van der Waals surface area contributed by atoms with Crippen molar-refractivity contribution in [2.45, 2.75) is 52.1 Å². The third kappa shape index (κ3) is 5.96. The Labute approximate surface area is 225 Å². The molecule has 4 rings (SSSR count). The molecule has 38 heavy (non-hydrogen) atoms. The average Bonchev–Trinajstić information content (AvgIpc) is 3.34. The largest absolute Gasteiger partial charge is 0.507 e. The number of anilines is 1. The predicted octanol–water partition coefficient (Wildman–Crippen LogP) is 4.60. The van der Waals surface area contributed by atoms with E-state index in [-0.39, 0.29) is 34.6 Å². The summed E-state index contributed by atoms with van der Waals surface area (Å²) in [6.07, 6.45) is 9.10. The highest BCUT2D eigenvalue weighted by Crippen LogP contribution is 2.41. The number of ether oxygens (including phenoxy) is 1. The number of rotatable bonds is 8. The minimum Gasteiger partial charge on any atom is -0.507 e. The van der Waals surface area contributed by atoms with E-state index >= 15 is 0 Å². The van der Waals surface area contributed by atoms with Gasteiger partial charge in [0.15, 0.2) is 0 Å². The molecule has 2 aromatic carbocycles. The highest BCUT2D eigenvalue weighted by molar-refractivity contribution is 6.03. The van der Waals surface area contributed by atoms with Crippen LogP contribution in [0.1, 0.15) is 59.2 Å². The summed E-state index contributed by atoms with van der Waals surface area (Å²) in [7, 11) is 5.61. The molecule has 1 saturated carbocycles. The Kier molecular flexibility index (Phi) is 8.62. The number of phenols is 2. The first-order valence-electron chi connectivity index (χ1n) is 13.3. The van der Waals surface area contributed by atoms with Crippen molar-refractivity contribution >= 4 is 17.5 Å². The molecule has 204 valence electrons. The Morgan fingerprint density at radius 3 is 2.53 bits per heavy atom. The molecule has 2 N–H and O–H groups in total. The Morgan fingerprint density at radius 2 is 1.82 bits per heavy atom. The average molecular weight is 522 g/mol. The first-order chi connectivity index (χ1) is 18.2. The van der Waals surface area contributed by atoms with Crippen molar-refractivity contribution in [3.8, 4) is 17.2 Å². The summed E-state index contributed by atoms with van der Waals surface area (Å²) in [6.45, 7) is 3.45. The SMILES string of the molecule is Cc1c(O)cc(O)c(C(=O)N2Cc3cccc(N(C)C(=O)/C=C/CN(C)C)c3C2)c1OCC1CCCCC1. The molecule has 2 aliphatic rings. The normalized spacial score (nSPS) is 15.8. The number of hydrogen-bond acceptors (Lipinski definition) is 6. The first kappa shape index (κ1) is 27.5. The Hall–Kier alpha value is -3.52. The molecule has 8 nitrogen and oxygen atoms in total. The van der Waals surface area contributed by atoms with Gasteiger partial charge in [-0.15, -0.1) is 0 Å². The second-order valence-electron chi connectivity index (χ2n) is 10.7. The molecular weight excluding hydrogens is 482 g/mol. The maximum absolute atomic E-state index is 13.8. The zero-order valence-corrected chi connectivity index (χ0v) is 22.9. The highest BCUT2D eigenvalue weighted by atomic mass is 16.5. The number of nitrogens with zero attached hydrogens (tertiary/aromatic N) is 3. The third-order valence-corrected chi connectivity index (χ3v) is 7.55. The number of carbonyl (C=O) groups excluding carboxylic acids is 2. The van der Waals surface area contributed by atoms with Crippen LogP contribution in [-0.2, 0) is 17.9 Å². The van der Waals surface area contributed by atoms with E-state index in [1.54, 1.807) is 29.8 Å². The lowest BCUT2D eigenvalue weighted by Crippen LogP contribution is -2.28. The topological polar surface area (TPSA) is 93.6 Å². The minimum atomic E-state index is -0.369. The van der Waals surface area contributed by atoms with Gasteiger partial charge in [0.05, 0.1) is 6.61 Å². The van der Waals surface area contributed by atoms with E-state index in [2.05, 4.69) is 0 Å². The number of phenolic OH excluding ortho intramolecular Hbond substituents is 2. The van der Waals surface area contributed by atoms with Gasteiger partial charge in [0.1, 0.15) is 22.8 Å². The van der Waals surface area contributed by atoms with Crippen LogP contribution in [0, 0.1) is 12.8 Å². The zero-order valence-electron chi connectivity index (χ0n) is 22.9. The van der Waals surface area contributed by atoms with Gasteiger partial charge in [0, 0.05) is 55.6 Å². The number of amides is 2. The number of aromatic hydroxyl groups is 2. The van der Waals surface area contributed by atoms with Crippen LogP contribution in [0.25, 0.3) is 0 Å². The molecule has 0 bridgehead atoms. The molecule has 2 amide bonds. The Morgan fingerprint density at radius 1 is 1.08 bits per heavy atom. The summed E-state index contributed by atoms with van der Waals surface area (Å²) >= 11 is 0. The van der Waals surface area contributed by atoms with Crippen molar-refractivity contribution < 1.29 is 24.5 Å². The van der Waals surface area contributed by atoms with Gasteiger partial charge < -0.3 is 29.6 Å². The second-order valence-corrected chi connectivity index (χ2v) is 10.7. The van der Waals surface area contributed by atoms with E-state index in [4.69, 9.17) is 4.74 Å². The maximum Gasteiger partial charge on any atom is 0.262 e. The summed E-state index contributed by atoms with van der Waals surface area (Å²) < 4.78 is 6.14. The second kappa shape index (κ2) is 11.9. The van der Waals surface area contributed by atoms with E-state index < -0.39 is 0 Å². The number of likely N-dealkylation sites (N-methyl/N-ethyl adjacent to an activating group) is 2. The lowest BCUT2D eigenvalue weighted by Gasteiger charge is -2.25. The van der Waals surface area contributed by atoms with Crippen LogP contribution in [-0.4, -0.2) is 66.1 Å². The summed E-state index contributed by atoms with van der Waals surface area (Å²) in [5, 5.41) is 21.1. The fourth-order valence-corrected chi connectivity index (χ4v) is 5.29. The summed E-state index contributed by atoms with van der Waals surface area (Å²) in [6, 6.07) is 6.92. The van der Waals surface area contributed by atoms with Crippen LogP contribution in [0.15, 0.2) is 36.4 Å². The van der Waals surface area contributed by atoms with E-state index in [0.29, 0.717) is 37.7 Å². The van der Waals surface area contributed by atoms with Gasteiger partial charge in [-0.1, -0.05) is 37.5 Å². The molecule has 2 aromatic rings. The van der Waals surface area contributed by atoms with Gasteiger partial charge in [-0.3, -0.25) is 9.59 Å². The fourth-order valence-electron chi connectivity index (χ4n) is 5.29. The lowest BCUT2D eigenvalue weighted by molar-refractivity contribution is -0.113. The number of benzene rings is 2. The first-order valence-corrected chi connectivity index (χ1v) is 13.3. The van der Waals surface area contributed by atoms with Crippen LogP contribution in [0.4, 0.5) is 5.69 Å². The molecule has 1 aliphatic carbocycles. The molecule has 1 heterocycles. The predicted molar refractivity (Wildman–Crippen MR) is 148 cm³/mol. The van der Waals surface area contributed by atoms with Crippen molar-refractivity contribution in [2.24, 2.45) is 5.92 Å². The van der Waals surface area contributed by atoms with Crippen LogP contribution < -0.4 is 9.64 Å². The highest BCUT2D eigenvalue weighted by Gasteiger charge is 2.32. The molecule has 1 fully saturated rings. The van der Waals surface area contributed by atoms with Crippen molar-refractivity contribution in [1.29, 1.82) is 0 Å². The van der Waals surface area contributed by atoms with Crippen LogP contribution >= 0.6 is 0 Å². The molecule has 0 atom stereocenters. The van der Waals surface area contributed by atoms with Gasteiger partial charge in [-0.05, 0) is 51.4 Å². The van der Waals surface area contributed by atoms with Gasteiger partial charge in [0.2, 0.25) is 5.91 Å². The van der Waals surface area contributed by atoms with Crippen molar-refractivity contribution in [1.82, 2.24) is 9.80 Å². The summed E-state index contributed by atoms with van der Waals surface area (Å²) in [4.78, 5) is 31.8. The van der Waals surface area contributed by atoms with Gasteiger partial charge >= 0.3 is 0 Å². The lowest BCUT2D eigenvalue weighted by atomic mass is 9.90. The maximum atomic E-state index is 13.8. The van der Waals surface area contributed by atoms with E-state index in [1.165, 1.54) is 25.3 Å². The third-order valence-electron chi connectivity index (χ3n) is 7.55. The quantitative estimate of drug-likeness (QED) is 0.493. The molecule has 0 unspecified atom stereocenters. The van der Waals surface area contributed by atoms with Crippen LogP contribution in [0.5, 0.6) is 17.2 Å². The molecule has 0 radical (unpaired) electrons. The van der Waals surface area contributed by atoms with Gasteiger partial charge in [-0.2, -0.15) is 0 Å². The molecule has 0 spiro atoms. The molecule has 0 saturated heterocycles. The van der Waals surface area contributed by atoms with Gasteiger partial charge in [-0.25, -0.2) is 0 Å². The Bertz CT molecular complexity index is 1220. The van der Waals surface area contributed by atoms with Crippen molar-refractivity contribution in [3.63, 3.8) is 0 Å². The molecule has 0 aromatic heterocycles. The molecule has 1 aliphatic heterocycles. The minimum absolute atomic E-state index is 0.0708. The molecule has 8 heteroatoms. The van der Waals surface area contributed by atoms with E-state index in [0.717, 1.165) is 29.7 Å². The van der Waals surface area contributed by atoms with E-state index in [9.17, 15) is 19.8 Å². The van der Waals surface area contributed by atoms with Crippen LogP contribution in [0.2, 0.25) is 0 Å². The van der Waals surface area contributed by atoms with E-state index in [1.807, 2.05) is 43.3 Å². The monoisotopic (exact) mass is 521 g/mol. The summed E-state index contributed by atoms with van der Waals surface area (Å²) in [5.41, 5.74) is 3.11. The number of fused-ring (bicyclic) bond motifs is 1. The summed E-state index contributed by atoms with van der Waals surface area (Å²) in [5.74, 6) is -0.276. The Balaban J connectivity index is 1.56. The smallest absolute Gasteiger partial charge is 0.262 e. The number of hydrogen-bond donors (Lipinski definition) is 2. The standard InChI is InChI=1S/C30H39N3O5/c1-20-25(34)16-26(35)28(29(20)38-19-21-10-6-5-7-11-21)30(37)33-17-22-12-8-13-24(23(22)18-33)32(4)27(36)14-9-15-31(2)3/h8-9,12-14,16,21,34-35H,5-7,10-11,15,17-19H2,1-4H3/b14-9+. The van der Waals surface area contributed by atoms with Crippen molar-refractivity contribution in [2.75, 3.05) is 39.2 Å². The molecular formula is C30H39N3O5. The number of carbonyl (C=O) groups is 2.